The number of thiocarbonyl (C=S) groups is 1. The largest absolute Gasteiger partial charge is 0.376 e. The number of rotatable bonds is 0. The summed E-state index contributed by atoms with van der Waals surface area (Å²) in [7, 11) is 0. The molecule has 11 heavy (non-hydrogen) atoms. The lowest BCUT2D eigenvalue weighted by molar-refractivity contribution is 0.800. The summed E-state index contributed by atoms with van der Waals surface area (Å²) in [5, 5.41) is 5.34. The second-order valence-electron chi connectivity index (χ2n) is 2.62. The van der Waals surface area contributed by atoms with Gasteiger partial charge in [-0.3, -0.25) is 0 Å². The van der Waals surface area contributed by atoms with Crippen LogP contribution in [-0.2, 0) is 6.42 Å². The first kappa shape index (κ1) is 7.25. The molecule has 3 heteroatoms. The lowest BCUT2D eigenvalue weighted by atomic mass is 10.2. The zero-order chi connectivity index (χ0) is 7.68. The van der Waals surface area contributed by atoms with E-state index < -0.39 is 0 Å². The molecule has 0 radical (unpaired) electrons. The minimum absolute atomic E-state index is 0.929. The summed E-state index contributed by atoms with van der Waals surface area (Å²) in [4.78, 5) is 2.37. The third-order valence-corrected chi connectivity index (χ3v) is 3.20. The van der Waals surface area contributed by atoms with Crippen LogP contribution in [0.15, 0.2) is 11.4 Å². The van der Waals surface area contributed by atoms with Gasteiger partial charge in [0.15, 0.2) is 0 Å². The first-order chi connectivity index (χ1) is 5.38. The second kappa shape index (κ2) is 2.91. The molecule has 1 aliphatic rings. The zero-order valence-corrected chi connectivity index (χ0v) is 7.73. The average molecular weight is 183 g/mol. The lowest BCUT2D eigenvalue weighted by Gasteiger charge is -2.00. The van der Waals surface area contributed by atoms with Crippen LogP contribution < -0.4 is 5.32 Å². The molecule has 58 valence electrons. The molecule has 0 saturated heterocycles. The van der Waals surface area contributed by atoms with E-state index in [4.69, 9.17) is 12.2 Å². The summed E-state index contributed by atoms with van der Waals surface area (Å²) >= 11 is 7.01. The maximum atomic E-state index is 5.20. The van der Waals surface area contributed by atoms with Crippen LogP contribution in [0.5, 0.6) is 0 Å². The Morgan fingerprint density at radius 3 is 3.36 bits per heavy atom. The Kier molecular flexibility index (Phi) is 1.92. The molecule has 1 aromatic heterocycles. The standard InChI is InChI=1S/C8H9NS2/c10-8-6-3-5-11-7(6)2-1-4-9-8/h3,5H,1-2,4H2,(H,9,10). The van der Waals surface area contributed by atoms with Gasteiger partial charge in [-0.25, -0.2) is 0 Å². The van der Waals surface area contributed by atoms with Gasteiger partial charge in [0.2, 0.25) is 0 Å². The number of aryl methyl sites for hydroxylation is 1. The predicted octanol–water partition coefficient (Wildman–Crippen LogP) is 1.96. The summed E-state index contributed by atoms with van der Waals surface area (Å²) in [5.74, 6) is 0. The Balaban J connectivity index is 2.41. The second-order valence-corrected chi connectivity index (χ2v) is 4.03. The van der Waals surface area contributed by atoms with E-state index in [1.54, 1.807) is 0 Å². The maximum Gasteiger partial charge on any atom is 0.107 e. The van der Waals surface area contributed by atoms with E-state index >= 15 is 0 Å². The molecule has 0 amide bonds. The molecule has 2 heterocycles. The quantitative estimate of drug-likeness (QED) is 0.617. The Bertz CT molecular complexity index is 277. The van der Waals surface area contributed by atoms with Crippen LogP contribution in [0.4, 0.5) is 0 Å². The highest BCUT2D eigenvalue weighted by molar-refractivity contribution is 7.80. The van der Waals surface area contributed by atoms with Crippen molar-refractivity contribution in [1.82, 2.24) is 5.32 Å². The predicted molar refractivity (Wildman–Crippen MR) is 52.3 cm³/mol. The number of hydrogen-bond donors (Lipinski definition) is 1. The van der Waals surface area contributed by atoms with Gasteiger partial charge in [-0.1, -0.05) is 12.2 Å². The van der Waals surface area contributed by atoms with Crippen molar-refractivity contribution in [3.63, 3.8) is 0 Å². The molecule has 0 bridgehead atoms. The van der Waals surface area contributed by atoms with E-state index in [-0.39, 0.29) is 0 Å². The van der Waals surface area contributed by atoms with Crippen LogP contribution in [0.3, 0.4) is 0 Å². The third-order valence-electron chi connectivity index (χ3n) is 1.86. The topological polar surface area (TPSA) is 12.0 Å². The van der Waals surface area contributed by atoms with Crippen molar-refractivity contribution in [2.45, 2.75) is 12.8 Å². The third kappa shape index (κ3) is 1.30. The molecule has 2 rings (SSSR count). The van der Waals surface area contributed by atoms with Gasteiger partial charge in [-0.2, -0.15) is 0 Å². The van der Waals surface area contributed by atoms with Gasteiger partial charge in [0.1, 0.15) is 4.99 Å². The van der Waals surface area contributed by atoms with Crippen LogP contribution in [0.2, 0.25) is 0 Å². The minimum atomic E-state index is 0.929. The molecule has 0 unspecified atom stereocenters. The van der Waals surface area contributed by atoms with Crippen LogP contribution in [-0.4, -0.2) is 11.5 Å². The Labute approximate surface area is 75.4 Å². The van der Waals surface area contributed by atoms with E-state index in [2.05, 4.69) is 16.8 Å². The monoisotopic (exact) mass is 183 g/mol. The number of nitrogens with one attached hydrogen (secondary N) is 1. The molecule has 0 fully saturated rings. The van der Waals surface area contributed by atoms with E-state index in [0.717, 1.165) is 11.5 Å². The molecule has 1 aliphatic heterocycles. The normalized spacial score (nSPS) is 16.9. The van der Waals surface area contributed by atoms with E-state index in [9.17, 15) is 0 Å². The first-order valence-corrected chi connectivity index (χ1v) is 5.01. The molecule has 1 N–H and O–H groups in total. The van der Waals surface area contributed by atoms with Crippen molar-refractivity contribution in [2.75, 3.05) is 6.54 Å². The van der Waals surface area contributed by atoms with Crippen LogP contribution in [0.1, 0.15) is 16.9 Å². The molecule has 1 nitrogen and oxygen atoms in total. The molecule has 0 aromatic carbocycles. The zero-order valence-electron chi connectivity index (χ0n) is 6.09. The number of hydrogen-bond acceptors (Lipinski definition) is 2. The van der Waals surface area contributed by atoms with Crippen LogP contribution in [0.25, 0.3) is 0 Å². The molecule has 0 spiro atoms. The molecule has 0 atom stereocenters. The van der Waals surface area contributed by atoms with Gasteiger partial charge in [-0.15, -0.1) is 11.3 Å². The molecular formula is C8H9NS2. The van der Waals surface area contributed by atoms with Gasteiger partial charge in [0.25, 0.3) is 0 Å². The molecule has 0 aliphatic carbocycles. The highest BCUT2D eigenvalue weighted by Gasteiger charge is 2.11. The number of thiophene rings is 1. The van der Waals surface area contributed by atoms with Crippen molar-refractivity contribution in [3.05, 3.63) is 21.9 Å². The lowest BCUT2D eigenvalue weighted by Crippen LogP contribution is -2.20. The summed E-state index contributed by atoms with van der Waals surface area (Å²) in [6.07, 6.45) is 2.38. The van der Waals surface area contributed by atoms with Gasteiger partial charge in [0, 0.05) is 17.0 Å². The fraction of sp³-hybridized carbons (Fsp3) is 0.375. The Hall–Kier alpha value is -0.410. The van der Waals surface area contributed by atoms with Gasteiger partial charge in [-0.05, 0) is 24.3 Å². The van der Waals surface area contributed by atoms with Gasteiger partial charge >= 0.3 is 0 Å². The highest BCUT2D eigenvalue weighted by atomic mass is 32.1. The summed E-state index contributed by atoms with van der Waals surface area (Å²) in [5.41, 5.74) is 1.25. The van der Waals surface area contributed by atoms with Gasteiger partial charge in [0.05, 0.1) is 0 Å². The summed E-state index contributed by atoms with van der Waals surface area (Å²) in [6, 6.07) is 2.11. The first-order valence-electron chi connectivity index (χ1n) is 3.72. The fourth-order valence-electron chi connectivity index (χ4n) is 1.28. The van der Waals surface area contributed by atoms with Crippen molar-refractivity contribution in [1.29, 1.82) is 0 Å². The fourth-order valence-corrected chi connectivity index (χ4v) is 2.57. The minimum Gasteiger partial charge on any atom is -0.376 e. The SMILES string of the molecule is S=C1NCCCc2sccc21. The van der Waals surface area contributed by atoms with Gasteiger partial charge < -0.3 is 5.32 Å². The summed E-state index contributed by atoms with van der Waals surface area (Å²) in [6.45, 7) is 1.03. The van der Waals surface area contributed by atoms with Crippen molar-refractivity contribution in [2.24, 2.45) is 0 Å². The van der Waals surface area contributed by atoms with Crippen molar-refractivity contribution in [3.8, 4) is 0 Å². The Morgan fingerprint density at radius 1 is 1.55 bits per heavy atom. The molecular weight excluding hydrogens is 174 g/mol. The van der Waals surface area contributed by atoms with Crippen LogP contribution in [0, 0.1) is 0 Å². The summed E-state index contributed by atoms with van der Waals surface area (Å²) < 4.78 is 0. The average Bonchev–Trinajstić information content (AvgIpc) is 2.40. The van der Waals surface area contributed by atoms with E-state index in [1.807, 2.05) is 11.3 Å². The van der Waals surface area contributed by atoms with E-state index in [1.165, 1.54) is 23.3 Å². The highest BCUT2D eigenvalue weighted by Crippen LogP contribution is 2.20. The molecule has 0 saturated carbocycles. The van der Waals surface area contributed by atoms with Crippen LogP contribution >= 0.6 is 23.6 Å². The smallest absolute Gasteiger partial charge is 0.107 e. The number of fused-ring (bicyclic) bond motifs is 1. The Morgan fingerprint density at radius 2 is 2.45 bits per heavy atom. The van der Waals surface area contributed by atoms with Crippen molar-refractivity contribution < 1.29 is 0 Å². The van der Waals surface area contributed by atoms with Crippen molar-refractivity contribution >= 4 is 28.5 Å². The molecule has 1 aromatic rings. The maximum absolute atomic E-state index is 5.20. The van der Waals surface area contributed by atoms with E-state index in [0.29, 0.717) is 0 Å².